The lowest BCUT2D eigenvalue weighted by atomic mass is 9.66. The fourth-order valence-electron chi connectivity index (χ4n) is 3.87. The smallest absolute Gasteiger partial charge is 0.133 e. The van der Waals surface area contributed by atoms with E-state index in [0.717, 1.165) is 30.9 Å². The van der Waals surface area contributed by atoms with Crippen LogP contribution in [0.15, 0.2) is 24.3 Å². The Balaban J connectivity index is 1.68. The zero-order valence-electron chi connectivity index (χ0n) is 11.6. The largest absolute Gasteiger partial charge is 0.497 e. The number of hydrogen-bond acceptors (Lipinski definition) is 2. The molecular formula is C17H22O2. The number of methoxy groups -OCH3 is 1. The molecule has 1 aromatic carbocycles. The van der Waals surface area contributed by atoms with Gasteiger partial charge in [-0.25, -0.2) is 0 Å². The number of fused-ring (bicyclic) bond motifs is 1. The first-order chi connectivity index (χ1) is 9.26. The Morgan fingerprint density at radius 2 is 1.84 bits per heavy atom. The highest BCUT2D eigenvalue weighted by Crippen LogP contribution is 2.45. The summed E-state index contributed by atoms with van der Waals surface area (Å²) in [6.07, 6.45) is 6.52. The van der Waals surface area contributed by atoms with Gasteiger partial charge in [0.25, 0.3) is 0 Å². The second-order valence-electron chi connectivity index (χ2n) is 6.08. The van der Waals surface area contributed by atoms with Crippen LogP contribution in [0.4, 0.5) is 0 Å². The first-order valence-electron chi connectivity index (χ1n) is 7.42. The lowest BCUT2D eigenvalue weighted by molar-refractivity contribution is -0.123. The van der Waals surface area contributed by atoms with Gasteiger partial charge < -0.3 is 4.74 Å². The summed E-state index contributed by atoms with van der Waals surface area (Å²) in [5.74, 6) is 3.56. The molecule has 0 radical (unpaired) electrons. The minimum absolute atomic E-state index is 0.490. The molecular weight excluding hydrogens is 236 g/mol. The molecule has 2 aliphatic carbocycles. The van der Waals surface area contributed by atoms with Gasteiger partial charge in [-0.2, -0.15) is 0 Å². The van der Waals surface area contributed by atoms with Gasteiger partial charge in [0.1, 0.15) is 11.5 Å². The molecule has 2 aliphatic rings. The van der Waals surface area contributed by atoms with E-state index < -0.39 is 0 Å². The van der Waals surface area contributed by atoms with Crippen molar-refractivity contribution >= 4 is 5.78 Å². The molecule has 2 nitrogen and oxygen atoms in total. The molecule has 2 heteroatoms. The Morgan fingerprint density at radius 1 is 1.05 bits per heavy atom. The molecule has 102 valence electrons. The molecule has 3 atom stereocenters. The first kappa shape index (κ1) is 12.7. The lowest BCUT2D eigenvalue weighted by Gasteiger charge is -2.39. The number of benzene rings is 1. The normalized spacial score (nSPS) is 30.8. The number of carbonyl (C=O) groups excluding carboxylic acids is 1. The molecule has 3 unspecified atom stereocenters. The number of ketones is 1. The van der Waals surface area contributed by atoms with Crippen molar-refractivity contribution in [3.05, 3.63) is 29.8 Å². The van der Waals surface area contributed by atoms with Crippen LogP contribution in [-0.2, 0) is 4.79 Å². The summed E-state index contributed by atoms with van der Waals surface area (Å²) in [7, 11) is 1.71. The van der Waals surface area contributed by atoms with E-state index in [9.17, 15) is 4.79 Å². The maximum Gasteiger partial charge on any atom is 0.133 e. The van der Waals surface area contributed by atoms with Crippen molar-refractivity contribution in [2.24, 2.45) is 11.8 Å². The van der Waals surface area contributed by atoms with Crippen molar-refractivity contribution in [1.29, 1.82) is 0 Å². The average Bonchev–Trinajstić information content (AvgIpc) is 2.47. The summed E-state index contributed by atoms with van der Waals surface area (Å²) in [6.45, 7) is 0. The maximum absolute atomic E-state index is 11.5. The highest BCUT2D eigenvalue weighted by atomic mass is 16.5. The van der Waals surface area contributed by atoms with Crippen LogP contribution >= 0.6 is 0 Å². The van der Waals surface area contributed by atoms with Crippen LogP contribution in [0.1, 0.15) is 50.0 Å². The third-order valence-corrected chi connectivity index (χ3v) is 5.01. The summed E-state index contributed by atoms with van der Waals surface area (Å²) in [4.78, 5) is 11.5. The lowest BCUT2D eigenvalue weighted by Crippen LogP contribution is -2.30. The van der Waals surface area contributed by atoms with E-state index >= 15 is 0 Å². The third-order valence-electron chi connectivity index (χ3n) is 5.01. The van der Waals surface area contributed by atoms with Crippen LogP contribution in [0.3, 0.4) is 0 Å². The molecule has 0 saturated heterocycles. The Hall–Kier alpha value is -1.31. The van der Waals surface area contributed by atoms with E-state index in [1.54, 1.807) is 7.11 Å². The van der Waals surface area contributed by atoms with Gasteiger partial charge in [-0.15, -0.1) is 0 Å². The van der Waals surface area contributed by atoms with Gasteiger partial charge in [-0.1, -0.05) is 12.1 Å². The predicted octanol–water partition coefficient (Wildman–Crippen LogP) is 3.95. The zero-order chi connectivity index (χ0) is 13.2. The summed E-state index contributed by atoms with van der Waals surface area (Å²) >= 11 is 0. The van der Waals surface area contributed by atoms with Crippen molar-refractivity contribution < 1.29 is 9.53 Å². The molecule has 2 saturated carbocycles. The first-order valence-corrected chi connectivity index (χ1v) is 7.42. The minimum atomic E-state index is 0.490. The number of carbonyl (C=O) groups is 1. The van der Waals surface area contributed by atoms with Gasteiger partial charge in [0.15, 0.2) is 0 Å². The topological polar surface area (TPSA) is 26.3 Å². The average molecular weight is 258 g/mol. The van der Waals surface area contributed by atoms with E-state index in [1.165, 1.54) is 24.8 Å². The van der Waals surface area contributed by atoms with Crippen LogP contribution in [0, 0.1) is 11.8 Å². The SMILES string of the molecule is COc1ccc(C2CCC3CC(=O)CCC3C2)cc1. The van der Waals surface area contributed by atoms with Crippen molar-refractivity contribution in [2.75, 3.05) is 7.11 Å². The van der Waals surface area contributed by atoms with Crippen LogP contribution in [0.25, 0.3) is 0 Å². The molecule has 2 fully saturated rings. The number of rotatable bonds is 2. The van der Waals surface area contributed by atoms with Gasteiger partial charge in [0.05, 0.1) is 7.11 Å². The summed E-state index contributed by atoms with van der Waals surface area (Å²) in [5.41, 5.74) is 1.44. The molecule has 3 rings (SSSR count). The predicted molar refractivity (Wildman–Crippen MR) is 75.4 cm³/mol. The number of Topliss-reactive ketones (excluding diaryl/α,β-unsaturated/α-hetero) is 1. The van der Waals surface area contributed by atoms with E-state index in [0.29, 0.717) is 17.6 Å². The van der Waals surface area contributed by atoms with Crippen molar-refractivity contribution in [3.63, 3.8) is 0 Å². The van der Waals surface area contributed by atoms with Crippen LogP contribution < -0.4 is 4.74 Å². The zero-order valence-corrected chi connectivity index (χ0v) is 11.6. The molecule has 0 aromatic heterocycles. The van der Waals surface area contributed by atoms with Gasteiger partial charge in [0, 0.05) is 12.8 Å². The molecule has 0 N–H and O–H groups in total. The van der Waals surface area contributed by atoms with Gasteiger partial charge in [0.2, 0.25) is 0 Å². The van der Waals surface area contributed by atoms with Gasteiger partial charge in [-0.05, 0) is 61.1 Å². The summed E-state index contributed by atoms with van der Waals surface area (Å²) in [6, 6.07) is 8.53. The highest BCUT2D eigenvalue weighted by Gasteiger charge is 2.35. The Morgan fingerprint density at radius 3 is 2.58 bits per heavy atom. The number of ether oxygens (including phenoxy) is 1. The third kappa shape index (κ3) is 2.68. The van der Waals surface area contributed by atoms with Crippen LogP contribution in [-0.4, -0.2) is 12.9 Å². The van der Waals surface area contributed by atoms with E-state index in [1.807, 2.05) is 0 Å². The fourth-order valence-corrected chi connectivity index (χ4v) is 3.87. The minimum Gasteiger partial charge on any atom is -0.497 e. The van der Waals surface area contributed by atoms with Crippen molar-refractivity contribution in [1.82, 2.24) is 0 Å². The second-order valence-corrected chi connectivity index (χ2v) is 6.08. The maximum atomic E-state index is 11.5. The molecule has 19 heavy (non-hydrogen) atoms. The molecule has 0 aliphatic heterocycles. The summed E-state index contributed by atoms with van der Waals surface area (Å²) in [5, 5.41) is 0. The molecule has 0 amide bonds. The monoisotopic (exact) mass is 258 g/mol. The van der Waals surface area contributed by atoms with E-state index in [2.05, 4.69) is 24.3 Å². The standard InChI is InChI=1S/C17H22O2/c1-19-17-8-5-12(6-9-17)13-2-3-15-11-16(18)7-4-14(15)10-13/h5-6,8-9,13-15H,2-4,7,10-11H2,1H3. The van der Waals surface area contributed by atoms with Crippen LogP contribution in [0.2, 0.25) is 0 Å². The fraction of sp³-hybridized carbons (Fsp3) is 0.588. The second kappa shape index (κ2) is 5.36. The molecule has 1 aromatic rings. The highest BCUT2D eigenvalue weighted by molar-refractivity contribution is 5.79. The van der Waals surface area contributed by atoms with E-state index in [-0.39, 0.29) is 0 Å². The Labute approximate surface area is 115 Å². The number of hydrogen-bond donors (Lipinski definition) is 0. The van der Waals surface area contributed by atoms with Crippen LogP contribution in [0.5, 0.6) is 5.75 Å². The molecule has 0 heterocycles. The van der Waals surface area contributed by atoms with Crippen molar-refractivity contribution in [2.45, 2.75) is 44.4 Å². The van der Waals surface area contributed by atoms with Crippen molar-refractivity contribution in [3.8, 4) is 5.75 Å². The van der Waals surface area contributed by atoms with E-state index in [4.69, 9.17) is 4.74 Å². The molecule has 0 spiro atoms. The summed E-state index contributed by atoms with van der Waals surface area (Å²) < 4.78 is 5.22. The molecule has 0 bridgehead atoms. The van der Waals surface area contributed by atoms with Gasteiger partial charge >= 0.3 is 0 Å². The quantitative estimate of drug-likeness (QED) is 0.803. The Bertz CT molecular complexity index is 449. The Kier molecular flexibility index (Phi) is 3.58. The van der Waals surface area contributed by atoms with Gasteiger partial charge in [-0.3, -0.25) is 4.79 Å².